The molecule has 0 aliphatic carbocycles. The van der Waals surface area contributed by atoms with E-state index in [4.69, 9.17) is 5.73 Å². The molecule has 0 saturated carbocycles. The van der Waals surface area contributed by atoms with Gasteiger partial charge in [0.15, 0.2) is 0 Å². The molecule has 0 atom stereocenters. The highest BCUT2D eigenvalue weighted by atomic mass is 16.1. The van der Waals surface area contributed by atoms with Crippen molar-refractivity contribution in [2.24, 2.45) is 5.73 Å². The Morgan fingerprint density at radius 1 is 1.00 bits per heavy atom. The first-order valence-electron chi connectivity index (χ1n) is 8.02. The van der Waals surface area contributed by atoms with E-state index in [-0.39, 0.29) is 5.91 Å². The Balaban J connectivity index is 1.94. The summed E-state index contributed by atoms with van der Waals surface area (Å²) in [4.78, 5) is 14.1. The Morgan fingerprint density at radius 2 is 1.68 bits per heavy atom. The van der Waals surface area contributed by atoms with E-state index in [1.54, 1.807) is 0 Å². The summed E-state index contributed by atoms with van der Waals surface area (Å²) in [6, 6.07) is 0. The summed E-state index contributed by atoms with van der Waals surface area (Å²) in [7, 11) is 0. The van der Waals surface area contributed by atoms with Gasteiger partial charge in [-0.1, -0.05) is 25.7 Å². The van der Waals surface area contributed by atoms with Gasteiger partial charge in [-0.05, 0) is 45.3 Å². The average molecular weight is 269 g/mol. The smallest absolute Gasteiger partial charge is 0.220 e. The molecule has 0 radical (unpaired) electrons. The van der Waals surface area contributed by atoms with Gasteiger partial charge in [0.2, 0.25) is 5.91 Å². The van der Waals surface area contributed by atoms with Crippen LogP contribution in [0.3, 0.4) is 0 Å². The quantitative estimate of drug-likeness (QED) is 0.628. The third-order valence-electron chi connectivity index (χ3n) is 3.81. The van der Waals surface area contributed by atoms with E-state index in [1.165, 1.54) is 38.8 Å². The molecule has 0 aromatic carbocycles. The van der Waals surface area contributed by atoms with Gasteiger partial charge in [-0.15, -0.1) is 0 Å². The first-order valence-corrected chi connectivity index (χ1v) is 8.02. The van der Waals surface area contributed by atoms with Crippen LogP contribution >= 0.6 is 0 Å². The second kappa shape index (κ2) is 11.2. The SMILES string of the molecule is NCCCCCCC(=O)NCCN1CCCCCC1. The van der Waals surface area contributed by atoms with Gasteiger partial charge >= 0.3 is 0 Å². The molecule has 1 fully saturated rings. The Hall–Kier alpha value is -0.610. The van der Waals surface area contributed by atoms with Crippen molar-refractivity contribution in [1.29, 1.82) is 0 Å². The first kappa shape index (κ1) is 16.4. The second-order valence-electron chi connectivity index (χ2n) is 5.56. The number of amides is 1. The maximum Gasteiger partial charge on any atom is 0.220 e. The van der Waals surface area contributed by atoms with Crippen molar-refractivity contribution in [3.05, 3.63) is 0 Å². The lowest BCUT2D eigenvalue weighted by Gasteiger charge is -2.19. The molecule has 0 spiro atoms. The number of nitrogens with one attached hydrogen (secondary N) is 1. The Labute approximate surface area is 118 Å². The van der Waals surface area contributed by atoms with Crippen LogP contribution in [0, 0.1) is 0 Å². The van der Waals surface area contributed by atoms with Crippen molar-refractivity contribution in [3.63, 3.8) is 0 Å². The van der Waals surface area contributed by atoms with Gasteiger partial charge in [-0.2, -0.15) is 0 Å². The lowest BCUT2D eigenvalue weighted by Crippen LogP contribution is -2.35. The topological polar surface area (TPSA) is 58.4 Å². The van der Waals surface area contributed by atoms with Crippen LogP contribution in [0.4, 0.5) is 0 Å². The molecule has 1 amide bonds. The van der Waals surface area contributed by atoms with Gasteiger partial charge < -0.3 is 16.0 Å². The molecular weight excluding hydrogens is 238 g/mol. The molecular formula is C15H31N3O. The van der Waals surface area contributed by atoms with Crippen LogP contribution < -0.4 is 11.1 Å². The van der Waals surface area contributed by atoms with E-state index >= 15 is 0 Å². The van der Waals surface area contributed by atoms with E-state index < -0.39 is 0 Å². The highest BCUT2D eigenvalue weighted by Gasteiger charge is 2.08. The van der Waals surface area contributed by atoms with Crippen molar-refractivity contribution < 1.29 is 4.79 Å². The standard InChI is InChI=1S/C15H31N3O/c16-10-6-2-1-5-9-15(19)17-11-14-18-12-7-3-4-8-13-18/h1-14,16H2,(H,17,19). The number of hydrogen-bond donors (Lipinski definition) is 2. The van der Waals surface area contributed by atoms with Crippen LogP contribution in [0.1, 0.15) is 57.8 Å². The summed E-state index contributed by atoms with van der Waals surface area (Å²) in [5.41, 5.74) is 5.43. The monoisotopic (exact) mass is 269 g/mol. The third kappa shape index (κ3) is 9.00. The first-order chi connectivity index (χ1) is 9.33. The predicted octanol–water partition coefficient (Wildman–Crippen LogP) is 1.89. The molecule has 4 heteroatoms. The molecule has 3 N–H and O–H groups in total. The summed E-state index contributed by atoms with van der Waals surface area (Å²) >= 11 is 0. The Bertz CT molecular complexity index is 225. The maximum atomic E-state index is 11.6. The highest BCUT2D eigenvalue weighted by molar-refractivity contribution is 5.75. The van der Waals surface area contributed by atoms with E-state index in [2.05, 4.69) is 10.2 Å². The Morgan fingerprint density at radius 3 is 2.37 bits per heavy atom. The number of nitrogens with two attached hydrogens (primary N) is 1. The predicted molar refractivity (Wildman–Crippen MR) is 80.1 cm³/mol. The molecule has 1 aliphatic heterocycles. The van der Waals surface area contributed by atoms with Crippen LogP contribution in [0.25, 0.3) is 0 Å². The van der Waals surface area contributed by atoms with Gasteiger partial charge in [0, 0.05) is 19.5 Å². The molecule has 1 heterocycles. The van der Waals surface area contributed by atoms with Crippen LogP contribution in [-0.2, 0) is 4.79 Å². The lowest BCUT2D eigenvalue weighted by molar-refractivity contribution is -0.121. The molecule has 0 aromatic heterocycles. The normalized spacial score (nSPS) is 17.1. The summed E-state index contributed by atoms with van der Waals surface area (Å²) in [5.74, 6) is 0.211. The Kier molecular flexibility index (Phi) is 9.72. The van der Waals surface area contributed by atoms with E-state index in [0.29, 0.717) is 6.42 Å². The number of rotatable bonds is 9. The van der Waals surface area contributed by atoms with Crippen molar-refractivity contribution in [3.8, 4) is 0 Å². The zero-order valence-corrected chi connectivity index (χ0v) is 12.3. The average Bonchev–Trinajstić information content (AvgIpc) is 2.67. The van der Waals surface area contributed by atoms with Crippen molar-refractivity contribution >= 4 is 5.91 Å². The summed E-state index contributed by atoms with van der Waals surface area (Å²) < 4.78 is 0. The minimum Gasteiger partial charge on any atom is -0.355 e. The maximum absolute atomic E-state index is 11.6. The van der Waals surface area contributed by atoms with E-state index in [9.17, 15) is 4.79 Å². The minimum absolute atomic E-state index is 0.211. The largest absolute Gasteiger partial charge is 0.355 e. The van der Waals surface area contributed by atoms with Crippen LogP contribution in [-0.4, -0.2) is 43.5 Å². The molecule has 112 valence electrons. The molecule has 0 unspecified atom stereocenters. The fraction of sp³-hybridized carbons (Fsp3) is 0.933. The molecule has 0 bridgehead atoms. The van der Waals surface area contributed by atoms with Gasteiger partial charge in [-0.3, -0.25) is 4.79 Å². The second-order valence-corrected chi connectivity index (χ2v) is 5.56. The van der Waals surface area contributed by atoms with Crippen molar-refractivity contribution in [1.82, 2.24) is 10.2 Å². The van der Waals surface area contributed by atoms with Crippen molar-refractivity contribution in [2.75, 3.05) is 32.7 Å². The van der Waals surface area contributed by atoms with Crippen LogP contribution in [0.15, 0.2) is 0 Å². The summed E-state index contributed by atoms with van der Waals surface area (Å²) in [6.45, 7) is 4.99. The fourth-order valence-electron chi connectivity index (χ4n) is 2.59. The van der Waals surface area contributed by atoms with E-state index in [1.807, 2.05) is 0 Å². The number of carbonyl (C=O) groups excluding carboxylic acids is 1. The number of nitrogens with zero attached hydrogens (tertiary/aromatic N) is 1. The molecule has 0 aromatic rings. The molecule has 1 aliphatic rings. The van der Waals surface area contributed by atoms with Crippen LogP contribution in [0.2, 0.25) is 0 Å². The molecule has 4 nitrogen and oxygen atoms in total. The van der Waals surface area contributed by atoms with Gasteiger partial charge in [0.1, 0.15) is 0 Å². The molecule has 1 rings (SSSR count). The number of carbonyl (C=O) groups is 1. The zero-order valence-electron chi connectivity index (χ0n) is 12.3. The summed E-state index contributed by atoms with van der Waals surface area (Å²) in [5, 5.41) is 3.04. The third-order valence-corrected chi connectivity index (χ3v) is 3.81. The van der Waals surface area contributed by atoms with Crippen LogP contribution in [0.5, 0.6) is 0 Å². The highest BCUT2D eigenvalue weighted by Crippen LogP contribution is 2.08. The molecule has 19 heavy (non-hydrogen) atoms. The molecule has 1 saturated heterocycles. The van der Waals surface area contributed by atoms with E-state index in [0.717, 1.165) is 45.3 Å². The van der Waals surface area contributed by atoms with Gasteiger partial charge in [0.25, 0.3) is 0 Å². The van der Waals surface area contributed by atoms with Gasteiger partial charge in [0.05, 0.1) is 0 Å². The van der Waals surface area contributed by atoms with Gasteiger partial charge in [-0.25, -0.2) is 0 Å². The minimum atomic E-state index is 0.211. The fourth-order valence-corrected chi connectivity index (χ4v) is 2.59. The number of hydrogen-bond acceptors (Lipinski definition) is 3. The number of likely N-dealkylation sites (tertiary alicyclic amines) is 1. The zero-order chi connectivity index (χ0) is 13.8. The lowest BCUT2D eigenvalue weighted by atomic mass is 10.1. The van der Waals surface area contributed by atoms with Crippen molar-refractivity contribution in [2.45, 2.75) is 57.8 Å². The summed E-state index contributed by atoms with van der Waals surface area (Å²) in [6.07, 6.45) is 10.4. The number of unbranched alkanes of at least 4 members (excludes halogenated alkanes) is 3.